The molecule has 0 saturated carbocycles. The molecule has 31 heavy (non-hydrogen) atoms. The summed E-state index contributed by atoms with van der Waals surface area (Å²) >= 11 is 11.0. The van der Waals surface area contributed by atoms with Crippen molar-refractivity contribution < 1.29 is 27.1 Å². The van der Waals surface area contributed by atoms with Gasteiger partial charge in [0.2, 0.25) is 11.8 Å². The summed E-state index contributed by atoms with van der Waals surface area (Å²) in [6, 6.07) is 0. The van der Waals surface area contributed by atoms with Gasteiger partial charge >= 0.3 is 13.4 Å². The summed E-state index contributed by atoms with van der Waals surface area (Å²) < 4.78 is 34.2. The largest absolute Gasteiger partial charge is 0.404 e. The second kappa shape index (κ2) is 11.9. The first kappa shape index (κ1) is 26.4. The number of hydrogen-bond donors (Lipinski definition) is 2. The van der Waals surface area contributed by atoms with Gasteiger partial charge in [-0.2, -0.15) is 0 Å². The van der Waals surface area contributed by atoms with Crippen molar-refractivity contribution in [2.45, 2.75) is 48.0 Å². The van der Waals surface area contributed by atoms with Crippen molar-refractivity contribution in [3.05, 3.63) is 22.5 Å². The van der Waals surface area contributed by atoms with E-state index in [2.05, 4.69) is 20.4 Å². The van der Waals surface area contributed by atoms with Gasteiger partial charge in [-0.15, -0.1) is 10.2 Å². The number of nitrogens with zero attached hydrogens (tertiary/aromatic N) is 2. The Hall–Kier alpha value is -0.840. The number of aromatic amines is 2. The molecule has 0 bridgehead atoms. The maximum atomic E-state index is 5.95. The Morgan fingerprint density at radius 3 is 1.29 bits per heavy atom. The van der Waals surface area contributed by atoms with Crippen molar-refractivity contribution in [1.29, 1.82) is 0 Å². The lowest BCUT2D eigenvalue weighted by Gasteiger charge is -2.21. The van der Waals surface area contributed by atoms with Crippen LogP contribution in [-0.2, 0) is 48.1 Å². The minimum atomic E-state index is -2.98. The highest BCUT2D eigenvalue weighted by Gasteiger charge is 2.29. The Labute approximate surface area is 193 Å². The predicted octanol–water partition coefficient (Wildman–Crippen LogP) is 4.69. The van der Waals surface area contributed by atoms with Crippen LogP contribution in [0.5, 0.6) is 11.8 Å². The molecule has 0 atom stereocenters. The van der Waals surface area contributed by atoms with E-state index in [0.717, 1.165) is 22.5 Å². The maximum absolute atomic E-state index is 5.95. The van der Waals surface area contributed by atoms with Gasteiger partial charge in [0.1, 0.15) is 0 Å². The molecule has 0 unspecified atom stereocenters. The van der Waals surface area contributed by atoms with E-state index in [0.29, 0.717) is 44.6 Å². The summed E-state index contributed by atoms with van der Waals surface area (Å²) in [7, 11) is 0. The molecular weight excluding hydrogens is 482 g/mol. The van der Waals surface area contributed by atoms with Crippen molar-refractivity contribution in [2.24, 2.45) is 0 Å². The molecule has 2 N–H and O–H groups in total. The summed E-state index contributed by atoms with van der Waals surface area (Å²) in [5, 5.41) is 14.4. The molecule has 0 radical (unpaired) electrons. The quantitative estimate of drug-likeness (QED) is 0.346. The summed E-state index contributed by atoms with van der Waals surface area (Å²) in [6.07, 6.45) is 0.399. The number of H-pyrrole nitrogens is 2. The topological polar surface area (TPSA) is 113 Å². The van der Waals surface area contributed by atoms with E-state index in [9.17, 15) is 0 Å². The van der Waals surface area contributed by atoms with Gasteiger partial charge in [0.05, 0.1) is 26.4 Å². The fraction of sp³-hybridized carbons (Fsp3) is 0.647. The average Bonchev–Trinajstić information content (AvgIpc) is 3.20. The molecule has 2 heterocycles. The number of aromatic nitrogens is 4. The number of aryl methyl sites for hydroxylation is 2. The molecule has 0 fully saturated rings. The van der Waals surface area contributed by atoms with Gasteiger partial charge in [0, 0.05) is 52.5 Å². The highest BCUT2D eigenvalue weighted by molar-refractivity contribution is 8.08. The van der Waals surface area contributed by atoms with Crippen LogP contribution in [0.15, 0.2) is 0 Å². The molecule has 2 aromatic heterocycles. The van der Waals surface area contributed by atoms with Crippen molar-refractivity contribution in [1.82, 2.24) is 20.4 Å². The smallest absolute Gasteiger partial charge is 0.381 e. The standard InChI is InChI=1S/C17H30N4O6P2S2/c1-7-22-28(30,23-8-2)26-16-14(12(5)18-20-16)11-15-13(6)19-21-17(15)27-29(31,24-9-3)25-10-4/h7-11H2,1-6H3,(H,18,20)(H,19,21). The average molecular weight is 513 g/mol. The molecule has 14 heteroatoms. The van der Waals surface area contributed by atoms with Crippen LogP contribution in [0.1, 0.15) is 50.2 Å². The van der Waals surface area contributed by atoms with Crippen molar-refractivity contribution in [3.63, 3.8) is 0 Å². The minimum absolute atomic E-state index is 0.323. The van der Waals surface area contributed by atoms with Gasteiger partial charge in [-0.3, -0.25) is 28.3 Å². The molecule has 0 aliphatic carbocycles. The molecular formula is C17H30N4O6P2S2. The van der Waals surface area contributed by atoms with Crippen LogP contribution in [0, 0.1) is 13.8 Å². The maximum Gasteiger partial charge on any atom is 0.381 e. The monoisotopic (exact) mass is 512 g/mol. The van der Waals surface area contributed by atoms with E-state index in [-0.39, 0.29) is 0 Å². The third-order valence-corrected chi connectivity index (χ3v) is 8.77. The number of nitrogens with one attached hydrogen (secondary N) is 2. The Morgan fingerprint density at radius 2 is 1.00 bits per heavy atom. The van der Waals surface area contributed by atoms with Crippen LogP contribution in [0.4, 0.5) is 0 Å². The lowest BCUT2D eigenvalue weighted by Crippen LogP contribution is -2.05. The zero-order valence-corrected chi connectivity index (χ0v) is 22.0. The molecule has 10 nitrogen and oxygen atoms in total. The first-order valence-electron chi connectivity index (χ1n) is 9.95. The highest BCUT2D eigenvalue weighted by atomic mass is 32.5. The van der Waals surface area contributed by atoms with E-state index >= 15 is 0 Å². The molecule has 0 saturated heterocycles. The number of hydrogen-bond acceptors (Lipinski definition) is 10. The van der Waals surface area contributed by atoms with Crippen LogP contribution in [0.25, 0.3) is 0 Å². The Balaban J connectivity index is 2.34. The van der Waals surface area contributed by atoms with Crippen molar-refractivity contribution in [3.8, 4) is 11.8 Å². The fourth-order valence-electron chi connectivity index (χ4n) is 2.63. The molecule has 0 aromatic carbocycles. The molecule has 176 valence electrons. The van der Waals surface area contributed by atoms with Gasteiger partial charge in [-0.25, -0.2) is 0 Å². The molecule has 0 aliphatic heterocycles. The van der Waals surface area contributed by atoms with E-state index in [1.54, 1.807) is 0 Å². The Bertz CT molecular complexity index is 857. The first-order chi connectivity index (χ1) is 14.7. The second-order valence-electron chi connectivity index (χ2n) is 6.19. The normalized spacial score (nSPS) is 12.3. The van der Waals surface area contributed by atoms with Crippen LogP contribution in [-0.4, -0.2) is 46.8 Å². The highest BCUT2D eigenvalue weighted by Crippen LogP contribution is 2.52. The Kier molecular flexibility index (Phi) is 10.1. The zero-order chi connectivity index (χ0) is 23.1. The van der Waals surface area contributed by atoms with E-state index in [4.69, 9.17) is 50.8 Å². The van der Waals surface area contributed by atoms with Gasteiger partial charge < -0.3 is 9.05 Å². The molecule has 2 rings (SSSR count). The van der Waals surface area contributed by atoms with Crippen molar-refractivity contribution >= 4 is 37.1 Å². The van der Waals surface area contributed by atoms with Crippen molar-refractivity contribution in [2.75, 3.05) is 26.4 Å². The minimum Gasteiger partial charge on any atom is -0.404 e. The summed E-state index contributed by atoms with van der Waals surface area (Å²) in [5.41, 5.74) is 3.18. The lowest BCUT2D eigenvalue weighted by molar-refractivity contribution is 0.215. The molecule has 0 spiro atoms. The molecule has 0 amide bonds. The van der Waals surface area contributed by atoms with E-state index < -0.39 is 13.4 Å². The fourth-order valence-corrected chi connectivity index (χ4v) is 6.67. The second-order valence-corrected chi connectivity index (χ2v) is 12.1. The van der Waals surface area contributed by atoms with Gasteiger partial charge in [0.25, 0.3) is 0 Å². The van der Waals surface area contributed by atoms with Gasteiger partial charge in [-0.05, 0) is 41.5 Å². The predicted molar refractivity (Wildman–Crippen MR) is 126 cm³/mol. The van der Waals surface area contributed by atoms with Crippen LogP contribution in [0.3, 0.4) is 0 Å². The van der Waals surface area contributed by atoms with Crippen LogP contribution in [0.2, 0.25) is 0 Å². The lowest BCUT2D eigenvalue weighted by atomic mass is 10.1. The molecule has 0 aliphatic rings. The van der Waals surface area contributed by atoms with Crippen LogP contribution < -0.4 is 9.05 Å². The van der Waals surface area contributed by atoms with Gasteiger partial charge in [0.15, 0.2) is 0 Å². The van der Waals surface area contributed by atoms with E-state index in [1.165, 1.54) is 0 Å². The number of rotatable bonds is 14. The zero-order valence-electron chi connectivity index (χ0n) is 18.6. The molecule has 2 aromatic rings. The summed E-state index contributed by atoms with van der Waals surface area (Å²) in [6.45, 7) is 6.64. The first-order valence-corrected chi connectivity index (χ1v) is 15.1. The Morgan fingerprint density at radius 1 is 0.677 bits per heavy atom. The van der Waals surface area contributed by atoms with Crippen LogP contribution >= 0.6 is 13.4 Å². The third kappa shape index (κ3) is 7.07. The third-order valence-electron chi connectivity index (χ3n) is 3.97. The summed E-state index contributed by atoms with van der Waals surface area (Å²) in [5.74, 6) is 0.645. The summed E-state index contributed by atoms with van der Waals surface area (Å²) in [4.78, 5) is 0. The van der Waals surface area contributed by atoms with Gasteiger partial charge in [-0.1, -0.05) is 0 Å². The van der Waals surface area contributed by atoms with E-state index in [1.807, 2.05) is 41.5 Å². The SMILES string of the molecule is CCOP(=S)(OCC)Oc1n[nH]c(C)c1Cc1c(OP(=S)(OCC)OCC)n[nH]c1C.